The maximum absolute atomic E-state index is 11.8. The maximum atomic E-state index is 11.8. The van der Waals surface area contributed by atoms with Gasteiger partial charge in [-0.1, -0.05) is 30.3 Å². The highest BCUT2D eigenvalue weighted by Crippen LogP contribution is 2.36. The molecule has 1 fully saturated rings. The van der Waals surface area contributed by atoms with E-state index in [1.807, 2.05) is 30.3 Å². The lowest BCUT2D eigenvalue weighted by Gasteiger charge is -2.11. The van der Waals surface area contributed by atoms with Gasteiger partial charge < -0.3 is 5.11 Å². The summed E-state index contributed by atoms with van der Waals surface area (Å²) in [5, 5.41) is 18.8. The smallest absolute Gasteiger partial charge is 0.210 e. The van der Waals surface area contributed by atoms with Crippen LogP contribution in [0.4, 0.5) is 0 Å². The van der Waals surface area contributed by atoms with Crippen LogP contribution in [-0.4, -0.2) is 41.5 Å². The van der Waals surface area contributed by atoms with Crippen molar-refractivity contribution < 1.29 is 13.5 Å². The van der Waals surface area contributed by atoms with E-state index in [2.05, 4.69) is 10.2 Å². The van der Waals surface area contributed by atoms with E-state index in [4.69, 9.17) is 12.2 Å². The molecule has 9 heteroatoms. The van der Waals surface area contributed by atoms with Gasteiger partial charge in [-0.2, -0.15) is 5.10 Å². The van der Waals surface area contributed by atoms with Crippen molar-refractivity contribution in [3.63, 3.8) is 0 Å². The van der Waals surface area contributed by atoms with E-state index in [9.17, 15) is 13.5 Å². The van der Waals surface area contributed by atoms with E-state index < -0.39 is 9.84 Å². The molecule has 26 heavy (non-hydrogen) atoms. The average molecular weight is 406 g/mol. The SMILES string of the molecule is O=S1(=O)CC[C@@H](n2c(O)c(/C=C3/C=NN=C3c3ccccc3)sc2=S)C1. The summed E-state index contributed by atoms with van der Waals surface area (Å²) in [7, 11) is -3.06. The zero-order chi connectivity index (χ0) is 18.3. The Morgan fingerprint density at radius 3 is 2.77 bits per heavy atom. The lowest BCUT2D eigenvalue weighted by atomic mass is 10.0. The molecule has 0 spiro atoms. The molecule has 1 saturated heterocycles. The molecule has 1 N–H and O–H groups in total. The molecule has 1 aromatic carbocycles. The van der Waals surface area contributed by atoms with E-state index >= 15 is 0 Å². The Labute approximate surface area is 159 Å². The Morgan fingerprint density at radius 1 is 1.31 bits per heavy atom. The van der Waals surface area contributed by atoms with Crippen molar-refractivity contribution in [2.24, 2.45) is 10.2 Å². The van der Waals surface area contributed by atoms with Gasteiger partial charge in [-0.25, -0.2) is 8.42 Å². The molecule has 1 atom stereocenters. The molecule has 0 unspecified atom stereocenters. The Kier molecular flexibility index (Phi) is 4.37. The van der Waals surface area contributed by atoms with Gasteiger partial charge in [-0.05, 0) is 24.7 Å². The van der Waals surface area contributed by atoms with Crippen molar-refractivity contribution in [3.05, 3.63) is 50.3 Å². The van der Waals surface area contributed by atoms with Crippen molar-refractivity contribution in [1.82, 2.24) is 4.57 Å². The third-order valence-electron chi connectivity index (χ3n) is 4.38. The summed E-state index contributed by atoms with van der Waals surface area (Å²) in [6, 6.07) is 9.35. The summed E-state index contributed by atoms with van der Waals surface area (Å²) in [6.45, 7) is 0. The van der Waals surface area contributed by atoms with Gasteiger partial charge in [0, 0.05) is 11.1 Å². The molecular weight excluding hydrogens is 390 g/mol. The molecular formula is C17H15N3O3S3. The Hall–Kier alpha value is -2.10. The molecule has 0 radical (unpaired) electrons. The standard InChI is InChI=1S/C17H15N3O3S3/c21-16-14(25-17(24)20(16)13-6-7-26(22,23)10-13)8-12-9-18-19-15(12)11-4-2-1-3-5-11/h1-5,8-9,13,21H,6-7,10H2/b12-8-/t13-/m1/s1. The van der Waals surface area contributed by atoms with Gasteiger partial charge >= 0.3 is 0 Å². The Balaban J connectivity index is 1.71. The molecule has 3 heterocycles. The fraction of sp³-hybridized carbons (Fsp3) is 0.235. The van der Waals surface area contributed by atoms with Crippen LogP contribution >= 0.6 is 23.6 Å². The second kappa shape index (κ2) is 6.57. The van der Waals surface area contributed by atoms with Crippen LogP contribution in [0.3, 0.4) is 0 Å². The quantitative estimate of drug-likeness (QED) is 0.795. The van der Waals surface area contributed by atoms with Crippen LogP contribution in [0.5, 0.6) is 5.88 Å². The summed E-state index contributed by atoms with van der Waals surface area (Å²) >= 11 is 6.62. The van der Waals surface area contributed by atoms with Crippen LogP contribution in [0, 0.1) is 3.95 Å². The fourth-order valence-corrected chi connectivity index (χ4v) is 6.23. The average Bonchev–Trinajstić information content (AvgIpc) is 3.28. The second-order valence-electron chi connectivity index (χ2n) is 6.14. The minimum absolute atomic E-state index is 0.00214. The second-order valence-corrected chi connectivity index (χ2v) is 10.0. The van der Waals surface area contributed by atoms with Gasteiger partial charge in [0.1, 0.15) is 5.71 Å². The van der Waals surface area contributed by atoms with Gasteiger partial charge in [0.25, 0.3) is 0 Å². The highest BCUT2D eigenvalue weighted by atomic mass is 32.2. The molecule has 2 aliphatic rings. The normalized spacial score (nSPS) is 22.8. The van der Waals surface area contributed by atoms with Crippen LogP contribution in [0.25, 0.3) is 6.08 Å². The Morgan fingerprint density at radius 2 is 2.08 bits per heavy atom. The molecule has 134 valence electrons. The first-order chi connectivity index (χ1) is 12.4. The van der Waals surface area contributed by atoms with Crippen LogP contribution in [0.2, 0.25) is 0 Å². The van der Waals surface area contributed by atoms with Crippen molar-refractivity contribution in [1.29, 1.82) is 0 Å². The maximum Gasteiger partial charge on any atom is 0.210 e. The van der Waals surface area contributed by atoms with Crippen LogP contribution in [-0.2, 0) is 9.84 Å². The molecule has 0 bridgehead atoms. The Bertz CT molecular complexity index is 1110. The molecule has 2 aliphatic heterocycles. The third-order valence-corrected chi connectivity index (χ3v) is 7.47. The molecule has 0 amide bonds. The van der Waals surface area contributed by atoms with Crippen LogP contribution < -0.4 is 0 Å². The number of thiazole rings is 1. The number of hydrogen-bond acceptors (Lipinski definition) is 7. The van der Waals surface area contributed by atoms with Crippen molar-refractivity contribution in [2.75, 3.05) is 11.5 Å². The molecule has 0 saturated carbocycles. The predicted octanol–water partition coefficient (Wildman–Crippen LogP) is 3.22. The molecule has 1 aromatic heterocycles. The number of aromatic nitrogens is 1. The first kappa shape index (κ1) is 17.3. The number of aromatic hydroxyl groups is 1. The highest BCUT2D eigenvalue weighted by molar-refractivity contribution is 7.91. The van der Waals surface area contributed by atoms with Crippen molar-refractivity contribution in [3.8, 4) is 5.88 Å². The minimum atomic E-state index is -3.06. The summed E-state index contributed by atoms with van der Waals surface area (Å²) < 4.78 is 25.5. The number of benzene rings is 1. The summed E-state index contributed by atoms with van der Waals surface area (Å²) in [5.74, 6) is 0.143. The minimum Gasteiger partial charge on any atom is -0.493 e. The molecule has 4 rings (SSSR count). The zero-order valence-electron chi connectivity index (χ0n) is 13.6. The summed E-state index contributed by atoms with van der Waals surface area (Å²) in [6.07, 6.45) is 3.89. The molecule has 6 nitrogen and oxygen atoms in total. The van der Waals surface area contributed by atoms with Gasteiger partial charge in [-0.3, -0.25) is 4.57 Å². The number of hydrogen-bond donors (Lipinski definition) is 1. The van der Waals surface area contributed by atoms with Gasteiger partial charge in [0.05, 0.1) is 28.6 Å². The van der Waals surface area contributed by atoms with Crippen LogP contribution in [0.1, 0.15) is 22.9 Å². The van der Waals surface area contributed by atoms with E-state index in [0.717, 1.165) is 16.8 Å². The highest BCUT2D eigenvalue weighted by Gasteiger charge is 2.31. The summed E-state index contributed by atoms with van der Waals surface area (Å²) in [5.41, 5.74) is 2.42. The summed E-state index contributed by atoms with van der Waals surface area (Å²) in [4.78, 5) is 0.575. The largest absolute Gasteiger partial charge is 0.493 e. The van der Waals surface area contributed by atoms with Gasteiger partial charge in [0.2, 0.25) is 5.88 Å². The van der Waals surface area contributed by atoms with Crippen LogP contribution in [0.15, 0.2) is 46.1 Å². The fourth-order valence-electron chi connectivity index (χ4n) is 3.12. The van der Waals surface area contributed by atoms with Gasteiger partial charge in [-0.15, -0.1) is 16.4 Å². The van der Waals surface area contributed by atoms with E-state index in [-0.39, 0.29) is 23.4 Å². The molecule has 0 aliphatic carbocycles. The zero-order valence-corrected chi connectivity index (χ0v) is 16.0. The van der Waals surface area contributed by atoms with E-state index in [0.29, 0.717) is 15.3 Å². The lowest BCUT2D eigenvalue weighted by Crippen LogP contribution is -2.10. The van der Waals surface area contributed by atoms with Crippen molar-refractivity contribution in [2.45, 2.75) is 12.5 Å². The monoisotopic (exact) mass is 405 g/mol. The lowest BCUT2D eigenvalue weighted by molar-refractivity contribution is 0.390. The van der Waals surface area contributed by atoms with Crippen molar-refractivity contribution >= 4 is 51.4 Å². The predicted molar refractivity (Wildman–Crippen MR) is 107 cm³/mol. The van der Waals surface area contributed by atoms with E-state index in [1.54, 1.807) is 16.9 Å². The van der Waals surface area contributed by atoms with Gasteiger partial charge in [0.15, 0.2) is 13.8 Å². The first-order valence-electron chi connectivity index (χ1n) is 7.98. The molecule has 2 aromatic rings. The number of allylic oxidation sites excluding steroid dienone is 1. The number of nitrogens with zero attached hydrogens (tertiary/aromatic N) is 3. The number of sulfone groups is 1. The topological polar surface area (TPSA) is 84.0 Å². The first-order valence-corrected chi connectivity index (χ1v) is 11.0. The third kappa shape index (κ3) is 3.17. The number of rotatable bonds is 3. The van der Waals surface area contributed by atoms with E-state index in [1.165, 1.54) is 11.3 Å².